The van der Waals surface area contributed by atoms with Crippen LogP contribution >= 0.6 is 15.9 Å². The third kappa shape index (κ3) is 6.03. The predicted molar refractivity (Wildman–Crippen MR) is 111 cm³/mol. The van der Waals surface area contributed by atoms with Crippen molar-refractivity contribution in [2.45, 2.75) is 25.4 Å². The van der Waals surface area contributed by atoms with Crippen LogP contribution in [0.1, 0.15) is 12.8 Å². The van der Waals surface area contributed by atoms with Gasteiger partial charge in [0, 0.05) is 41.6 Å². The maximum absolute atomic E-state index is 12.2. The molecule has 2 amide bonds. The normalized spacial score (nSPS) is 15.2. The molecule has 0 aliphatic carbocycles. The lowest BCUT2D eigenvalue weighted by atomic mass is 10.0. The minimum absolute atomic E-state index is 0.00201. The minimum atomic E-state index is -0.211. The van der Waals surface area contributed by atoms with E-state index in [2.05, 4.69) is 31.5 Å². The molecule has 0 saturated carbocycles. The fourth-order valence-corrected chi connectivity index (χ4v) is 3.59. The van der Waals surface area contributed by atoms with Gasteiger partial charge in [-0.15, -0.1) is 0 Å². The van der Waals surface area contributed by atoms with Crippen LogP contribution in [0.3, 0.4) is 0 Å². The average Bonchev–Trinajstić information content (AvgIpc) is 2.67. The number of anilines is 1. The Hall–Kier alpha value is -2.45. The highest BCUT2D eigenvalue weighted by molar-refractivity contribution is 9.10. The van der Waals surface area contributed by atoms with Crippen molar-refractivity contribution in [3.05, 3.63) is 63.5 Å². The predicted octanol–water partition coefficient (Wildman–Crippen LogP) is 1.83. The third-order valence-electron chi connectivity index (χ3n) is 4.64. The van der Waals surface area contributed by atoms with Gasteiger partial charge < -0.3 is 15.2 Å². The Bertz CT molecular complexity index is 877. The van der Waals surface area contributed by atoms with E-state index in [1.807, 2.05) is 30.3 Å². The molecule has 7 nitrogen and oxygen atoms in total. The summed E-state index contributed by atoms with van der Waals surface area (Å²) in [6.07, 6.45) is 3.16. The van der Waals surface area contributed by atoms with Crippen molar-refractivity contribution in [3.63, 3.8) is 0 Å². The van der Waals surface area contributed by atoms with Crippen molar-refractivity contribution >= 4 is 33.4 Å². The molecule has 3 rings (SSSR count). The van der Waals surface area contributed by atoms with Crippen LogP contribution in [0.5, 0.6) is 0 Å². The Morgan fingerprint density at radius 2 is 1.71 bits per heavy atom. The molecule has 0 radical (unpaired) electrons. The summed E-state index contributed by atoms with van der Waals surface area (Å²) in [7, 11) is 0. The monoisotopic (exact) mass is 446 g/mol. The number of rotatable bonds is 6. The van der Waals surface area contributed by atoms with E-state index in [9.17, 15) is 14.4 Å². The zero-order valence-corrected chi connectivity index (χ0v) is 17.0. The number of halogens is 1. The molecular weight excluding hydrogens is 424 g/mol. The maximum atomic E-state index is 12.2. The standard InChI is InChI=1S/C20H23BrN4O3/c21-15-6-7-20(28)25(12-15)14-19(27)23-17-8-10-24(11-9-17)13-18(26)22-16-4-2-1-3-5-16/h1-7,12,17H,8-11,13-14H2,(H,22,26)(H,23,27). The quantitative estimate of drug-likeness (QED) is 0.708. The van der Waals surface area contributed by atoms with E-state index in [1.54, 1.807) is 12.3 Å². The summed E-state index contributed by atoms with van der Waals surface area (Å²) < 4.78 is 2.13. The summed E-state index contributed by atoms with van der Waals surface area (Å²) in [6.45, 7) is 1.81. The first-order valence-corrected chi connectivity index (χ1v) is 10.0. The molecule has 2 aromatic rings. The third-order valence-corrected chi connectivity index (χ3v) is 5.11. The number of hydrogen-bond acceptors (Lipinski definition) is 4. The average molecular weight is 447 g/mol. The van der Waals surface area contributed by atoms with Crippen LogP contribution in [0.15, 0.2) is 57.9 Å². The summed E-state index contributed by atoms with van der Waals surface area (Å²) in [5, 5.41) is 5.87. The molecule has 0 unspecified atom stereocenters. The molecule has 1 aliphatic rings. The van der Waals surface area contributed by atoms with Gasteiger partial charge in [0.15, 0.2) is 0 Å². The number of pyridine rings is 1. The van der Waals surface area contributed by atoms with E-state index < -0.39 is 0 Å². The van der Waals surface area contributed by atoms with Crippen LogP contribution in [0.4, 0.5) is 5.69 Å². The summed E-state index contributed by atoms with van der Waals surface area (Å²) in [5.74, 6) is -0.219. The van der Waals surface area contributed by atoms with Crippen LogP contribution < -0.4 is 16.2 Å². The number of amides is 2. The molecule has 2 N–H and O–H groups in total. The largest absolute Gasteiger partial charge is 0.352 e. The lowest BCUT2D eigenvalue weighted by molar-refractivity contribution is -0.123. The number of likely N-dealkylation sites (tertiary alicyclic amines) is 1. The molecule has 8 heteroatoms. The summed E-state index contributed by atoms with van der Waals surface area (Å²) in [4.78, 5) is 38.3. The summed E-state index contributed by atoms with van der Waals surface area (Å²) >= 11 is 3.30. The molecular formula is C20H23BrN4O3. The number of benzene rings is 1. The number of nitrogens with one attached hydrogen (secondary N) is 2. The van der Waals surface area contributed by atoms with Gasteiger partial charge in [0.05, 0.1) is 6.54 Å². The second-order valence-corrected chi connectivity index (χ2v) is 7.76. The first-order chi connectivity index (χ1) is 13.5. The van der Waals surface area contributed by atoms with Crippen molar-refractivity contribution in [3.8, 4) is 0 Å². The van der Waals surface area contributed by atoms with Crippen LogP contribution in [0.25, 0.3) is 0 Å². The second kappa shape index (κ2) is 9.66. The number of piperidine rings is 1. The molecule has 1 saturated heterocycles. The lowest BCUT2D eigenvalue weighted by Crippen LogP contribution is -2.47. The lowest BCUT2D eigenvalue weighted by Gasteiger charge is -2.31. The first-order valence-electron chi connectivity index (χ1n) is 9.22. The second-order valence-electron chi connectivity index (χ2n) is 6.85. The number of hydrogen-bond donors (Lipinski definition) is 2. The SMILES string of the molecule is O=C(CN1CCC(NC(=O)Cn2cc(Br)ccc2=O)CC1)Nc1ccccc1. The zero-order valence-electron chi connectivity index (χ0n) is 15.4. The van der Waals surface area contributed by atoms with E-state index in [-0.39, 0.29) is 30.0 Å². The number of carbonyl (C=O) groups is 2. The fourth-order valence-electron chi connectivity index (χ4n) is 3.21. The van der Waals surface area contributed by atoms with E-state index in [4.69, 9.17) is 0 Å². The van der Waals surface area contributed by atoms with Gasteiger partial charge in [-0.25, -0.2) is 0 Å². The van der Waals surface area contributed by atoms with Gasteiger partial charge >= 0.3 is 0 Å². The highest BCUT2D eigenvalue weighted by Crippen LogP contribution is 2.11. The molecule has 28 heavy (non-hydrogen) atoms. The number of aromatic nitrogens is 1. The van der Waals surface area contributed by atoms with Gasteiger partial charge in [0.2, 0.25) is 11.8 Å². The van der Waals surface area contributed by atoms with Crippen LogP contribution in [0, 0.1) is 0 Å². The molecule has 0 bridgehead atoms. The van der Waals surface area contributed by atoms with Gasteiger partial charge in [0.1, 0.15) is 6.54 Å². The molecule has 1 aromatic carbocycles. The number of carbonyl (C=O) groups excluding carboxylic acids is 2. The molecule has 2 heterocycles. The van der Waals surface area contributed by atoms with Gasteiger partial charge in [-0.05, 0) is 47.0 Å². The van der Waals surface area contributed by atoms with E-state index in [0.29, 0.717) is 6.54 Å². The Balaban J connectivity index is 1.41. The molecule has 0 atom stereocenters. The Kier molecular flexibility index (Phi) is 7.00. The highest BCUT2D eigenvalue weighted by atomic mass is 79.9. The summed E-state index contributed by atoms with van der Waals surface area (Å²) in [6, 6.07) is 12.5. The Morgan fingerprint density at radius 1 is 1.00 bits per heavy atom. The van der Waals surface area contributed by atoms with Crippen LogP contribution in [-0.2, 0) is 16.1 Å². The molecule has 1 fully saturated rings. The van der Waals surface area contributed by atoms with E-state index in [0.717, 1.165) is 36.1 Å². The van der Waals surface area contributed by atoms with E-state index in [1.165, 1.54) is 10.6 Å². The Labute approximate surface area is 171 Å². The van der Waals surface area contributed by atoms with Crippen LogP contribution in [-0.4, -0.2) is 47.0 Å². The molecule has 1 aliphatic heterocycles. The zero-order chi connectivity index (χ0) is 19.9. The summed E-state index contributed by atoms with van der Waals surface area (Å²) in [5.41, 5.74) is 0.579. The number of nitrogens with zero attached hydrogens (tertiary/aromatic N) is 2. The number of para-hydroxylation sites is 1. The molecule has 148 valence electrons. The van der Waals surface area contributed by atoms with Crippen molar-refractivity contribution in [2.75, 3.05) is 25.0 Å². The van der Waals surface area contributed by atoms with Crippen LogP contribution in [0.2, 0.25) is 0 Å². The maximum Gasteiger partial charge on any atom is 0.251 e. The smallest absolute Gasteiger partial charge is 0.251 e. The minimum Gasteiger partial charge on any atom is -0.352 e. The molecule has 1 aromatic heterocycles. The van der Waals surface area contributed by atoms with Gasteiger partial charge in [-0.3, -0.25) is 19.3 Å². The van der Waals surface area contributed by atoms with Crippen molar-refractivity contribution in [2.24, 2.45) is 0 Å². The van der Waals surface area contributed by atoms with Crippen molar-refractivity contribution in [1.82, 2.24) is 14.8 Å². The van der Waals surface area contributed by atoms with Crippen molar-refractivity contribution in [1.29, 1.82) is 0 Å². The fraction of sp³-hybridized carbons (Fsp3) is 0.350. The van der Waals surface area contributed by atoms with Gasteiger partial charge in [-0.1, -0.05) is 18.2 Å². The van der Waals surface area contributed by atoms with Gasteiger partial charge in [-0.2, -0.15) is 0 Å². The highest BCUT2D eigenvalue weighted by Gasteiger charge is 2.22. The van der Waals surface area contributed by atoms with Crippen molar-refractivity contribution < 1.29 is 9.59 Å². The van der Waals surface area contributed by atoms with E-state index >= 15 is 0 Å². The molecule has 0 spiro atoms. The first kappa shape index (κ1) is 20.3. The Morgan fingerprint density at radius 3 is 2.43 bits per heavy atom. The van der Waals surface area contributed by atoms with Gasteiger partial charge in [0.25, 0.3) is 5.56 Å². The topological polar surface area (TPSA) is 83.4 Å².